The molecule has 1 aromatic rings. The van der Waals surface area contributed by atoms with Gasteiger partial charge in [0.1, 0.15) is 5.82 Å². The van der Waals surface area contributed by atoms with Crippen LogP contribution in [0, 0.1) is 5.82 Å². The zero-order valence-electron chi connectivity index (χ0n) is 15.5. The second-order valence-corrected chi connectivity index (χ2v) is 5.79. The highest BCUT2D eigenvalue weighted by molar-refractivity contribution is 14.0. The van der Waals surface area contributed by atoms with Gasteiger partial charge < -0.3 is 20.1 Å². The van der Waals surface area contributed by atoms with E-state index in [0.717, 1.165) is 37.8 Å². The van der Waals surface area contributed by atoms with E-state index in [-0.39, 0.29) is 35.8 Å². The number of ether oxygens (including phenoxy) is 2. The van der Waals surface area contributed by atoms with Crippen LogP contribution in [0.3, 0.4) is 0 Å². The van der Waals surface area contributed by atoms with Crippen molar-refractivity contribution in [2.75, 3.05) is 59.7 Å². The molecule has 8 heteroatoms. The van der Waals surface area contributed by atoms with Crippen LogP contribution in [0.15, 0.2) is 29.3 Å². The summed E-state index contributed by atoms with van der Waals surface area (Å²) in [5, 5.41) is 6.60. The summed E-state index contributed by atoms with van der Waals surface area (Å²) in [6.07, 6.45) is 0. The standard InChI is InChI=1S/C18H29FN4O2.HI/c1-3-24-11-8-21-18(20-2)22-14-17(23-9-12-25-13-10-23)15-4-6-16(19)7-5-15;/h4-7,17H,3,8-14H2,1-2H3,(H2,20,21,22);1H. The third-order valence-corrected chi connectivity index (χ3v) is 4.17. The van der Waals surface area contributed by atoms with Crippen molar-refractivity contribution in [1.29, 1.82) is 0 Å². The first-order valence-corrected chi connectivity index (χ1v) is 8.84. The summed E-state index contributed by atoms with van der Waals surface area (Å²) in [6, 6.07) is 6.86. The number of hydrogen-bond donors (Lipinski definition) is 2. The summed E-state index contributed by atoms with van der Waals surface area (Å²) in [4.78, 5) is 6.60. The Kier molecular flexibility index (Phi) is 11.7. The number of nitrogens with one attached hydrogen (secondary N) is 2. The molecule has 0 bridgehead atoms. The lowest BCUT2D eigenvalue weighted by Gasteiger charge is -2.35. The van der Waals surface area contributed by atoms with Crippen molar-refractivity contribution in [2.24, 2.45) is 4.99 Å². The SMILES string of the molecule is CCOCCNC(=NC)NCC(c1ccc(F)cc1)N1CCOCC1.I. The monoisotopic (exact) mass is 480 g/mol. The highest BCUT2D eigenvalue weighted by Crippen LogP contribution is 2.21. The van der Waals surface area contributed by atoms with Gasteiger partial charge in [-0.1, -0.05) is 12.1 Å². The van der Waals surface area contributed by atoms with E-state index in [1.165, 1.54) is 12.1 Å². The van der Waals surface area contributed by atoms with Crippen LogP contribution in [0.1, 0.15) is 18.5 Å². The highest BCUT2D eigenvalue weighted by atomic mass is 127. The Labute approximate surface area is 172 Å². The third kappa shape index (κ3) is 7.73. The van der Waals surface area contributed by atoms with E-state index in [0.29, 0.717) is 26.3 Å². The normalized spacial score (nSPS) is 16.7. The van der Waals surface area contributed by atoms with E-state index in [9.17, 15) is 4.39 Å². The molecule has 6 nitrogen and oxygen atoms in total. The molecule has 26 heavy (non-hydrogen) atoms. The van der Waals surface area contributed by atoms with Gasteiger partial charge in [0.15, 0.2) is 5.96 Å². The molecular weight excluding hydrogens is 450 g/mol. The fraction of sp³-hybridized carbons (Fsp3) is 0.611. The zero-order chi connectivity index (χ0) is 17.9. The molecule has 0 radical (unpaired) electrons. The van der Waals surface area contributed by atoms with Crippen LogP contribution in [0.4, 0.5) is 4.39 Å². The fourth-order valence-corrected chi connectivity index (χ4v) is 2.83. The Morgan fingerprint density at radius 1 is 1.27 bits per heavy atom. The van der Waals surface area contributed by atoms with Crippen LogP contribution in [-0.4, -0.2) is 70.5 Å². The summed E-state index contributed by atoms with van der Waals surface area (Å²) in [6.45, 7) is 7.87. The first-order chi connectivity index (χ1) is 12.2. The molecule has 0 spiro atoms. The van der Waals surface area contributed by atoms with Gasteiger partial charge in [0, 0.05) is 39.8 Å². The Balaban J connectivity index is 0.00000338. The highest BCUT2D eigenvalue weighted by Gasteiger charge is 2.22. The Bertz CT molecular complexity index is 524. The number of halogens is 2. The van der Waals surface area contributed by atoms with Gasteiger partial charge in [-0.25, -0.2) is 4.39 Å². The maximum atomic E-state index is 13.3. The number of rotatable bonds is 8. The van der Waals surface area contributed by atoms with Gasteiger partial charge in [-0.3, -0.25) is 9.89 Å². The fourth-order valence-electron chi connectivity index (χ4n) is 2.83. The average molecular weight is 480 g/mol. The number of morpholine rings is 1. The molecule has 1 aliphatic rings. The van der Waals surface area contributed by atoms with E-state index in [1.807, 2.05) is 19.1 Å². The van der Waals surface area contributed by atoms with E-state index >= 15 is 0 Å². The van der Waals surface area contributed by atoms with Gasteiger partial charge in [0.25, 0.3) is 0 Å². The molecule has 0 amide bonds. The quantitative estimate of drug-likeness (QED) is 0.258. The molecule has 2 rings (SSSR count). The molecule has 1 aliphatic heterocycles. The predicted octanol–water partition coefficient (Wildman–Crippen LogP) is 2.02. The van der Waals surface area contributed by atoms with Crippen molar-refractivity contribution in [3.05, 3.63) is 35.6 Å². The first kappa shape index (κ1) is 23.1. The minimum absolute atomic E-state index is 0. The Hall–Kier alpha value is -0.970. The van der Waals surface area contributed by atoms with Crippen molar-refractivity contribution in [2.45, 2.75) is 13.0 Å². The Morgan fingerprint density at radius 2 is 1.96 bits per heavy atom. The first-order valence-electron chi connectivity index (χ1n) is 8.84. The number of guanidine groups is 1. The smallest absolute Gasteiger partial charge is 0.191 e. The van der Waals surface area contributed by atoms with Crippen molar-refractivity contribution < 1.29 is 13.9 Å². The zero-order valence-corrected chi connectivity index (χ0v) is 17.9. The van der Waals surface area contributed by atoms with Crippen molar-refractivity contribution in [3.63, 3.8) is 0 Å². The molecular formula is C18H30FIN4O2. The number of hydrogen-bond acceptors (Lipinski definition) is 4. The van der Waals surface area contributed by atoms with Gasteiger partial charge in [-0.15, -0.1) is 24.0 Å². The van der Waals surface area contributed by atoms with Gasteiger partial charge in [-0.05, 0) is 24.6 Å². The molecule has 1 heterocycles. The lowest BCUT2D eigenvalue weighted by atomic mass is 10.0. The molecule has 1 unspecified atom stereocenters. The van der Waals surface area contributed by atoms with E-state index in [1.54, 1.807) is 7.05 Å². The summed E-state index contributed by atoms with van der Waals surface area (Å²) >= 11 is 0. The van der Waals surface area contributed by atoms with Crippen LogP contribution in [0.2, 0.25) is 0 Å². The van der Waals surface area contributed by atoms with Crippen LogP contribution < -0.4 is 10.6 Å². The molecule has 1 atom stereocenters. The van der Waals surface area contributed by atoms with Gasteiger partial charge in [0.2, 0.25) is 0 Å². The molecule has 148 valence electrons. The maximum Gasteiger partial charge on any atom is 0.191 e. The van der Waals surface area contributed by atoms with E-state index < -0.39 is 0 Å². The van der Waals surface area contributed by atoms with E-state index in [4.69, 9.17) is 9.47 Å². The van der Waals surface area contributed by atoms with E-state index in [2.05, 4.69) is 20.5 Å². The van der Waals surface area contributed by atoms with Crippen molar-refractivity contribution in [3.8, 4) is 0 Å². The molecule has 0 aliphatic carbocycles. The lowest BCUT2D eigenvalue weighted by molar-refractivity contribution is 0.0170. The van der Waals surface area contributed by atoms with Crippen LogP contribution in [0.5, 0.6) is 0 Å². The summed E-state index contributed by atoms with van der Waals surface area (Å²) < 4.78 is 24.1. The van der Waals surface area contributed by atoms with Crippen LogP contribution in [0.25, 0.3) is 0 Å². The maximum absolute atomic E-state index is 13.3. The second-order valence-electron chi connectivity index (χ2n) is 5.79. The van der Waals surface area contributed by atoms with Crippen molar-refractivity contribution in [1.82, 2.24) is 15.5 Å². The van der Waals surface area contributed by atoms with Gasteiger partial charge in [0.05, 0.1) is 25.9 Å². The molecule has 0 aromatic heterocycles. The summed E-state index contributed by atoms with van der Waals surface area (Å²) in [7, 11) is 1.75. The summed E-state index contributed by atoms with van der Waals surface area (Å²) in [5.41, 5.74) is 1.08. The molecule has 1 fully saturated rings. The number of aliphatic imine (C=N–C) groups is 1. The van der Waals surface area contributed by atoms with Gasteiger partial charge in [-0.2, -0.15) is 0 Å². The number of nitrogens with zero attached hydrogens (tertiary/aromatic N) is 2. The minimum Gasteiger partial charge on any atom is -0.380 e. The number of benzene rings is 1. The predicted molar refractivity (Wildman–Crippen MR) is 113 cm³/mol. The average Bonchev–Trinajstić information content (AvgIpc) is 2.66. The topological polar surface area (TPSA) is 58.1 Å². The Morgan fingerprint density at radius 3 is 2.58 bits per heavy atom. The van der Waals surface area contributed by atoms with Gasteiger partial charge >= 0.3 is 0 Å². The van der Waals surface area contributed by atoms with Crippen LogP contribution in [-0.2, 0) is 9.47 Å². The largest absolute Gasteiger partial charge is 0.380 e. The minimum atomic E-state index is -0.217. The second kappa shape index (κ2) is 13.2. The van der Waals surface area contributed by atoms with Crippen molar-refractivity contribution >= 4 is 29.9 Å². The molecule has 1 saturated heterocycles. The molecule has 2 N–H and O–H groups in total. The third-order valence-electron chi connectivity index (χ3n) is 4.17. The molecule has 1 aromatic carbocycles. The summed E-state index contributed by atoms with van der Waals surface area (Å²) in [5.74, 6) is 0.519. The lowest BCUT2D eigenvalue weighted by Crippen LogP contribution is -2.46. The van der Waals surface area contributed by atoms with Crippen LogP contribution >= 0.6 is 24.0 Å². The molecule has 0 saturated carbocycles.